The summed E-state index contributed by atoms with van der Waals surface area (Å²) in [6, 6.07) is 0. The molecule has 0 aliphatic carbocycles. The summed E-state index contributed by atoms with van der Waals surface area (Å²) in [5, 5.41) is 3.34. The summed E-state index contributed by atoms with van der Waals surface area (Å²) in [7, 11) is 0. The van der Waals surface area contributed by atoms with E-state index in [4.69, 9.17) is 9.47 Å². The Morgan fingerprint density at radius 2 is 1.94 bits per heavy atom. The lowest BCUT2D eigenvalue weighted by Gasteiger charge is -2.27. The number of hydrogen-bond acceptors (Lipinski definition) is 3. The summed E-state index contributed by atoms with van der Waals surface area (Å²) in [5.74, 6) is 0. The van der Waals surface area contributed by atoms with Crippen LogP contribution in [-0.2, 0) is 9.47 Å². The van der Waals surface area contributed by atoms with Gasteiger partial charge in [-0.2, -0.15) is 0 Å². The van der Waals surface area contributed by atoms with Crippen LogP contribution in [0.2, 0.25) is 0 Å². The molecule has 1 rings (SSSR count). The molecule has 1 fully saturated rings. The molecule has 96 valence electrons. The van der Waals surface area contributed by atoms with Gasteiger partial charge in [-0.25, -0.2) is 0 Å². The maximum Gasteiger partial charge on any atom is 0.0895 e. The van der Waals surface area contributed by atoms with E-state index in [-0.39, 0.29) is 17.3 Å². The maximum absolute atomic E-state index is 5.98. The van der Waals surface area contributed by atoms with E-state index >= 15 is 0 Å². The molecule has 0 amide bonds. The second-order valence-corrected chi connectivity index (χ2v) is 5.78. The van der Waals surface area contributed by atoms with Gasteiger partial charge in [0, 0.05) is 13.0 Å². The minimum absolute atomic E-state index is 0.0506. The van der Waals surface area contributed by atoms with Gasteiger partial charge in [-0.3, -0.25) is 0 Å². The average molecular weight is 229 g/mol. The van der Waals surface area contributed by atoms with E-state index in [2.05, 4.69) is 39.9 Å². The first-order valence-corrected chi connectivity index (χ1v) is 6.40. The molecule has 16 heavy (non-hydrogen) atoms. The van der Waals surface area contributed by atoms with Crippen molar-refractivity contribution in [3.63, 3.8) is 0 Å². The Hall–Kier alpha value is -0.120. The molecule has 1 saturated heterocycles. The summed E-state index contributed by atoms with van der Waals surface area (Å²) in [6.07, 6.45) is 2.37. The van der Waals surface area contributed by atoms with E-state index in [1.807, 2.05) is 0 Å². The second kappa shape index (κ2) is 5.48. The number of ether oxygens (including phenoxy) is 2. The van der Waals surface area contributed by atoms with Gasteiger partial charge in [-0.05, 0) is 40.7 Å². The van der Waals surface area contributed by atoms with Crippen LogP contribution in [0.3, 0.4) is 0 Å². The van der Waals surface area contributed by atoms with Crippen molar-refractivity contribution in [2.75, 3.05) is 19.7 Å². The van der Waals surface area contributed by atoms with Crippen LogP contribution in [-0.4, -0.2) is 37.0 Å². The third-order valence-corrected chi connectivity index (χ3v) is 3.02. The molecular weight excluding hydrogens is 202 g/mol. The smallest absolute Gasteiger partial charge is 0.0895 e. The molecule has 0 aromatic heterocycles. The molecule has 0 bridgehead atoms. The van der Waals surface area contributed by atoms with Gasteiger partial charge in [0.1, 0.15) is 0 Å². The third-order valence-electron chi connectivity index (χ3n) is 3.02. The number of nitrogens with one attached hydrogen (secondary N) is 1. The predicted octanol–water partition coefficient (Wildman–Crippen LogP) is 2.35. The highest BCUT2D eigenvalue weighted by Gasteiger charge is 2.46. The number of rotatable bonds is 6. The molecule has 1 heterocycles. The van der Waals surface area contributed by atoms with Gasteiger partial charge in [-0.15, -0.1) is 0 Å². The zero-order valence-electron chi connectivity index (χ0n) is 11.4. The molecular formula is C13H27NO2. The average Bonchev–Trinajstić information content (AvgIpc) is 2.34. The highest BCUT2D eigenvalue weighted by atomic mass is 16.6. The first kappa shape index (κ1) is 13.9. The fourth-order valence-electron chi connectivity index (χ4n) is 2.35. The Morgan fingerprint density at radius 3 is 2.44 bits per heavy atom. The maximum atomic E-state index is 5.98. The van der Waals surface area contributed by atoms with Crippen molar-refractivity contribution >= 4 is 0 Å². The fraction of sp³-hybridized carbons (Fsp3) is 1.00. The van der Waals surface area contributed by atoms with Crippen molar-refractivity contribution in [2.24, 2.45) is 0 Å². The Bertz CT molecular complexity index is 214. The Balaban J connectivity index is 2.26. The first-order chi connectivity index (χ1) is 7.37. The summed E-state index contributed by atoms with van der Waals surface area (Å²) in [4.78, 5) is 0. The Kier molecular flexibility index (Phi) is 4.77. The Morgan fingerprint density at radius 1 is 1.25 bits per heavy atom. The third kappa shape index (κ3) is 4.04. The van der Waals surface area contributed by atoms with Crippen molar-refractivity contribution in [3.8, 4) is 0 Å². The molecule has 3 heteroatoms. The van der Waals surface area contributed by atoms with E-state index in [1.165, 1.54) is 6.42 Å². The van der Waals surface area contributed by atoms with Crippen molar-refractivity contribution in [2.45, 2.75) is 64.8 Å². The summed E-state index contributed by atoms with van der Waals surface area (Å²) >= 11 is 0. The molecule has 0 spiro atoms. The minimum atomic E-state index is -0.158. The van der Waals surface area contributed by atoms with E-state index in [0.717, 1.165) is 26.1 Å². The topological polar surface area (TPSA) is 30.5 Å². The van der Waals surface area contributed by atoms with Gasteiger partial charge in [0.15, 0.2) is 0 Å². The normalized spacial score (nSPS) is 27.2. The first-order valence-electron chi connectivity index (χ1n) is 6.40. The molecule has 1 N–H and O–H groups in total. The summed E-state index contributed by atoms with van der Waals surface area (Å²) < 4.78 is 11.9. The van der Waals surface area contributed by atoms with Gasteiger partial charge in [0.05, 0.1) is 23.9 Å². The fourth-order valence-corrected chi connectivity index (χ4v) is 2.35. The standard InChI is InChI=1S/C13H27NO2/c1-6-7-14-8-9-15-11-10-12(2,3)16-13(11,4)5/h11,14H,6-10H2,1-5H3. The van der Waals surface area contributed by atoms with Crippen LogP contribution in [0.15, 0.2) is 0 Å². The molecule has 0 aromatic rings. The van der Waals surface area contributed by atoms with Crippen LogP contribution in [0.1, 0.15) is 47.5 Å². The van der Waals surface area contributed by atoms with E-state index in [0.29, 0.717) is 0 Å². The van der Waals surface area contributed by atoms with Gasteiger partial charge in [0.25, 0.3) is 0 Å². The van der Waals surface area contributed by atoms with E-state index in [9.17, 15) is 0 Å². The van der Waals surface area contributed by atoms with Crippen molar-refractivity contribution in [1.29, 1.82) is 0 Å². The Labute approximate surface area is 99.9 Å². The quantitative estimate of drug-likeness (QED) is 0.709. The molecule has 3 nitrogen and oxygen atoms in total. The molecule has 1 atom stereocenters. The van der Waals surface area contributed by atoms with Crippen LogP contribution < -0.4 is 5.32 Å². The molecule has 1 aliphatic rings. The predicted molar refractivity (Wildman–Crippen MR) is 66.8 cm³/mol. The second-order valence-electron chi connectivity index (χ2n) is 5.78. The van der Waals surface area contributed by atoms with Gasteiger partial charge >= 0.3 is 0 Å². The van der Waals surface area contributed by atoms with Crippen LogP contribution in [0, 0.1) is 0 Å². The van der Waals surface area contributed by atoms with Gasteiger partial charge < -0.3 is 14.8 Å². The SMILES string of the molecule is CCCNCCOC1CC(C)(C)OC1(C)C. The van der Waals surface area contributed by atoms with Gasteiger partial charge in [0.2, 0.25) is 0 Å². The molecule has 1 aliphatic heterocycles. The number of hydrogen-bond donors (Lipinski definition) is 1. The molecule has 0 saturated carbocycles. The van der Waals surface area contributed by atoms with E-state index in [1.54, 1.807) is 0 Å². The summed E-state index contributed by atoms with van der Waals surface area (Å²) in [5.41, 5.74) is -0.209. The van der Waals surface area contributed by atoms with Crippen molar-refractivity contribution < 1.29 is 9.47 Å². The lowest BCUT2D eigenvalue weighted by molar-refractivity contribution is -0.102. The zero-order valence-corrected chi connectivity index (χ0v) is 11.4. The van der Waals surface area contributed by atoms with Crippen LogP contribution in [0.5, 0.6) is 0 Å². The van der Waals surface area contributed by atoms with Crippen LogP contribution >= 0.6 is 0 Å². The van der Waals surface area contributed by atoms with Gasteiger partial charge in [-0.1, -0.05) is 6.92 Å². The van der Waals surface area contributed by atoms with Crippen LogP contribution in [0.4, 0.5) is 0 Å². The van der Waals surface area contributed by atoms with E-state index < -0.39 is 0 Å². The van der Waals surface area contributed by atoms with Crippen molar-refractivity contribution in [1.82, 2.24) is 5.32 Å². The lowest BCUT2D eigenvalue weighted by Crippen LogP contribution is -2.36. The highest BCUT2D eigenvalue weighted by Crippen LogP contribution is 2.38. The van der Waals surface area contributed by atoms with Crippen molar-refractivity contribution in [3.05, 3.63) is 0 Å². The molecule has 0 radical (unpaired) electrons. The zero-order chi connectivity index (χ0) is 12.2. The molecule has 1 unspecified atom stereocenters. The highest BCUT2D eigenvalue weighted by molar-refractivity contribution is 4.95. The monoisotopic (exact) mass is 229 g/mol. The molecule has 0 aromatic carbocycles. The summed E-state index contributed by atoms with van der Waals surface area (Å²) in [6.45, 7) is 13.4. The lowest BCUT2D eigenvalue weighted by atomic mass is 9.97. The van der Waals surface area contributed by atoms with Crippen LogP contribution in [0.25, 0.3) is 0 Å². The minimum Gasteiger partial charge on any atom is -0.374 e. The largest absolute Gasteiger partial charge is 0.374 e.